The Hall–Kier alpha value is -2.05. The molecule has 1 atom stereocenters. The third-order valence-corrected chi connectivity index (χ3v) is 2.67. The molecule has 0 radical (unpaired) electrons. The van der Waals surface area contributed by atoms with Crippen molar-refractivity contribution in [1.29, 1.82) is 0 Å². The van der Waals surface area contributed by atoms with E-state index in [1.54, 1.807) is 13.8 Å². The molecule has 0 aliphatic heterocycles. The van der Waals surface area contributed by atoms with Crippen LogP contribution in [0, 0.1) is 5.92 Å². The fourth-order valence-electron chi connectivity index (χ4n) is 1.57. The van der Waals surface area contributed by atoms with Gasteiger partial charge in [-0.2, -0.15) is 13.2 Å². The van der Waals surface area contributed by atoms with Gasteiger partial charge in [0.2, 0.25) is 0 Å². The smallest absolute Gasteiger partial charge is 0.416 e. The Labute approximate surface area is 113 Å². The Morgan fingerprint density at radius 1 is 1.25 bits per heavy atom. The number of carbonyl (C=O) groups is 2. The molecule has 7 heteroatoms. The Bertz CT molecular complexity index is 512. The zero-order chi connectivity index (χ0) is 15.5. The van der Waals surface area contributed by atoms with Crippen LogP contribution in [-0.2, 0) is 11.0 Å². The van der Waals surface area contributed by atoms with Crippen molar-refractivity contribution in [3.63, 3.8) is 0 Å². The Kier molecular flexibility index (Phi) is 4.75. The molecule has 0 saturated heterocycles. The maximum Gasteiger partial charge on any atom is 0.416 e. The summed E-state index contributed by atoms with van der Waals surface area (Å²) in [5, 5.41) is 11.1. The molecule has 0 bridgehead atoms. The predicted molar refractivity (Wildman–Crippen MR) is 65.2 cm³/mol. The number of alkyl halides is 3. The minimum absolute atomic E-state index is 0.230. The highest BCUT2D eigenvalue weighted by Gasteiger charge is 2.31. The SMILES string of the molecule is CC(C)[C@H](NC(=O)c1cccc(C(F)(F)F)c1)C(=O)O. The molecule has 4 nitrogen and oxygen atoms in total. The summed E-state index contributed by atoms with van der Waals surface area (Å²) in [5.41, 5.74) is -1.19. The van der Waals surface area contributed by atoms with Gasteiger partial charge in [-0.3, -0.25) is 4.79 Å². The zero-order valence-electron chi connectivity index (χ0n) is 10.9. The monoisotopic (exact) mass is 289 g/mol. The molecule has 20 heavy (non-hydrogen) atoms. The molecule has 0 aromatic heterocycles. The van der Waals surface area contributed by atoms with Crippen LogP contribution in [-0.4, -0.2) is 23.0 Å². The molecule has 0 aliphatic carbocycles. The van der Waals surface area contributed by atoms with E-state index in [9.17, 15) is 22.8 Å². The van der Waals surface area contributed by atoms with Crippen molar-refractivity contribution < 1.29 is 27.9 Å². The van der Waals surface area contributed by atoms with Gasteiger partial charge in [0.15, 0.2) is 0 Å². The summed E-state index contributed by atoms with van der Waals surface area (Å²) in [4.78, 5) is 22.7. The van der Waals surface area contributed by atoms with E-state index in [4.69, 9.17) is 5.11 Å². The van der Waals surface area contributed by atoms with Gasteiger partial charge >= 0.3 is 12.1 Å². The minimum Gasteiger partial charge on any atom is -0.480 e. The van der Waals surface area contributed by atoms with E-state index in [2.05, 4.69) is 5.32 Å². The van der Waals surface area contributed by atoms with Crippen molar-refractivity contribution >= 4 is 11.9 Å². The second-order valence-corrected chi connectivity index (χ2v) is 4.61. The lowest BCUT2D eigenvalue weighted by Crippen LogP contribution is -2.44. The van der Waals surface area contributed by atoms with Crippen LogP contribution in [0.4, 0.5) is 13.2 Å². The number of nitrogens with one attached hydrogen (secondary N) is 1. The summed E-state index contributed by atoms with van der Waals surface area (Å²) in [6, 6.07) is 2.67. The molecule has 0 spiro atoms. The van der Waals surface area contributed by atoms with Crippen molar-refractivity contribution in [3.05, 3.63) is 35.4 Å². The first-order valence-electron chi connectivity index (χ1n) is 5.84. The van der Waals surface area contributed by atoms with E-state index in [1.807, 2.05) is 0 Å². The van der Waals surface area contributed by atoms with Crippen molar-refractivity contribution in [3.8, 4) is 0 Å². The molecule has 0 heterocycles. The highest BCUT2D eigenvalue weighted by atomic mass is 19.4. The number of carbonyl (C=O) groups excluding carboxylic acids is 1. The van der Waals surface area contributed by atoms with Gasteiger partial charge in [0, 0.05) is 5.56 Å². The average Bonchev–Trinajstić information content (AvgIpc) is 2.34. The van der Waals surface area contributed by atoms with E-state index >= 15 is 0 Å². The first-order chi connectivity index (χ1) is 9.12. The lowest BCUT2D eigenvalue weighted by atomic mass is 10.0. The molecule has 2 N–H and O–H groups in total. The topological polar surface area (TPSA) is 66.4 Å². The van der Waals surface area contributed by atoms with E-state index in [1.165, 1.54) is 6.07 Å². The van der Waals surface area contributed by atoms with Crippen molar-refractivity contribution in [1.82, 2.24) is 5.32 Å². The third-order valence-electron chi connectivity index (χ3n) is 2.67. The van der Waals surface area contributed by atoms with Crippen LogP contribution in [0.15, 0.2) is 24.3 Å². The molecule has 1 aromatic carbocycles. The number of halogens is 3. The molecule has 0 saturated carbocycles. The van der Waals surface area contributed by atoms with Crippen LogP contribution in [0.5, 0.6) is 0 Å². The van der Waals surface area contributed by atoms with Crippen LogP contribution in [0.25, 0.3) is 0 Å². The van der Waals surface area contributed by atoms with Gasteiger partial charge in [0.05, 0.1) is 5.56 Å². The number of hydrogen-bond acceptors (Lipinski definition) is 2. The van der Waals surface area contributed by atoms with Gasteiger partial charge in [-0.25, -0.2) is 4.79 Å². The van der Waals surface area contributed by atoms with Crippen LogP contribution >= 0.6 is 0 Å². The van der Waals surface area contributed by atoms with Gasteiger partial charge in [0.1, 0.15) is 6.04 Å². The Balaban J connectivity index is 2.96. The lowest BCUT2D eigenvalue weighted by molar-refractivity contribution is -0.140. The Morgan fingerprint density at radius 3 is 2.30 bits per heavy atom. The maximum atomic E-state index is 12.5. The first-order valence-corrected chi connectivity index (χ1v) is 5.84. The average molecular weight is 289 g/mol. The second kappa shape index (κ2) is 5.94. The van der Waals surface area contributed by atoms with Crippen LogP contribution in [0.2, 0.25) is 0 Å². The highest BCUT2D eigenvalue weighted by Crippen LogP contribution is 2.29. The van der Waals surface area contributed by atoms with Gasteiger partial charge in [-0.05, 0) is 24.1 Å². The van der Waals surface area contributed by atoms with Gasteiger partial charge in [-0.15, -0.1) is 0 Å². The fourth-order valence-corrected chi connectivity index (χ4v) is 1.57. The van der Waals surface area contributed by atoms with Gasteiger partial charge in [0.25, 0.3) is 5.91 Å². The van der Waals surface area contributed by atoms with E-state index in [-0.39, 0.29) is 11.5 Å². The number of carboxylic acid groups (broad SMARTS) is 1. The number of amides is 1. The largest absolute Gasteiger partial charge is 0.480 e. The molecule has 1 rings (SSSR count). The molecule has 110 valence electrons. The number of benzene rings is 1. The fraction of sp³-hybridized carbons (Fsp3) is 0.385. The Morgan fingerprint density at radius 2 is 1.85 bits per heavy atom. The van der Waals surface area contributed by atoms with Gasteiger partial charge in [-0.1, -0.05) is 19.9 Å². The van der Waals surface area contributed by atoms with Crippen molar-refractivity contribution in [2.75, 3.05) is 0 Å². The van der Waals surface area contributed by atoms with Crippen molar-refractivity contribution in [2.45, 2.75) is 26.1 Å². The predicted octanol–water partition coefficient (Wildman–Crippen LogP) is 2.54. The van der Waals surface area contributed by atoms with E-state index < -0.39 is 29.7 Å². The van der Waals surface area contributed by atoms with Crippen molar-refractivity contribution in [2.24, 2.45) is 5.92 Å². The van der Waals surface area contributed by atoms with E-state index in [0.29, 0.717) is 6.07 Å². The third kappa shape index (κ3) is 3.97. The van der Waals surface area contributed by atoms with Gasteiger partial charge < -0.3 is 10.4 Å². The summed E-state index contributed by atoms with van der Waals surface area (Å²) < 4.78 is 37.6. The maximum absolute atomic E-state index is 12.5. The molecular formula is C13H14F3NO3. The summed E-state index contributed by atoms with van der Waals surface area (Å²) in [5.74, 6) is -2.47. The molecule has 0 aliphatic rings. The summed E-state index contributed by atoms with van der Waals surface area (Å²) in [6.45, 7) is 3.18. The lowest BCUT2D eigenvalue weighted by Gasteiger charge is -2.18. The van der Waals surface area contributed by atoms with Crippen LogP contribution in [0.1, 0.15) is 29.8 Å². The standard InChI is InChI=1S/C13H14F3NO3/c1-7(2)10(12(19)20)17-11(18)8-4-3-5-9(6-8)13(14,15)16/h3-7,10H,1-2H3,(H,17,18)(H,19,20)/t10-/m0/s1. The highest BCUT2D eigenvalue weighted by molar-refractivity contribution is 5.96. The van der Waals surface area contributed by atoms with Crippen LogP contribution < -0.4 is 5.32 Å². The number of rotatable bonds is 4. The molecule has 0 unspecified atom stereocenters. The number of hydrogen-bond donors (Lipinski definition) is 2. The molecular weight excluding hydrogens is 275 g/mol. The molecule has 1 amide bonds. The normalized spacial score (nSPS) is 13.1. The number of carboxylic acids is 1. The second-order valence-electron chi connectivity index (χ2n) is 4.61. The van der Waals surface area contributed by atoms with Crippen LogP contribution in [0.3, 0.4) is 0 Å². The first kappa shape index (κ1) is 16.0. The summed E-state index contributed by atoms with van der Waals surface area (Å²) in [7, 11) is 0. The summed E-state index contributed by atoms with van der Waals surface area (Å²) in [6.07, 6.45) is -4.56. The summed E-state index contributed by atoms with van der Waals surface area (Å²) >= 11 is 0. The molecule has 0 fully saturated rings. The molecule has 1 aromatic rings. The van der Waals surface area contributed by atoms with E-state index in [0.717, 1.165) is 12.1 Å². The number of aliphatic carboxylic acids is 1. The quantitative estimate of drug-likeness (QED) is 0.895. The zero-order valence-corrected chi connectivity index (χ0v) is 10.9. The minimum atomic E-state index is -4.56.